The molecule has 1 rings (SSSR count). The molecule has 0 spiro atoms. The van der Waals surface area contributed by atoms with Crippen molar-refractivity contribution in [1.29, 1.82) is 0 Å². The first-order chi connectivity index (χ1) is 7.49. The third-order valence-corrected chi connectivity index (χ3v) is 2.90. The predicted octanol–water partition coefficient (Wildman–Crippen LogP) is 2.57. The zero-order chi connectivity index (χ0) is 12.1. The molecule has 1 N–H and O–H groups in total. The minimum Gasteiger partial charge on any atom is -0.480 e. The molecule has 1 unspecified atom stereocenters. The lowest BCUT2D eigenvalue weighted by molar-refractivity contribution is -0.138. The molecule has 0 saturated heterocycles. The highest BCUT2D eigenvalue weighted by Crippen LogP contribution is 2.20. The number of carboxylic acid groups (broad SMARTS) is 1. The third-order valence-electron chi connectivity index (χ3n) is 2.41. The van der Waals surface area contributed by atoms with Crippen LogP contribution in [0.4, 0.5) is 0 Å². The minimum atomic E-state index is -0.788. The van der Waals surface area contributed by atoms with E-state index in [1.54, 1.807) is 0 Å². The van der Waals surface area contributed by atoms with Crippen molar-refractivity contribution >= 4 is 21.9 Å². The van der Waals surface area contributed by atoms with Gasteiger partial charge in [-0.2, -0.15) is 0 Å². The molecule has 1 aromatic rings. The third kappa shape index (κ3) is 4.33. The minimum absolute atomic E-state index is 0.0817. The molecule has 0 fully saturated rings. The first-order valence-corrected chi connectivity index (χ1v) is 5.94. The summed E-state index contributed by atoms with van der Waals surface area (Å²) in [7, 11) is 1.82. The van der Waals surface area contributed by atoms with Crippen molar-refractivity contribution in [2.24, 2.45) is 0 Å². The Morgan fingerprint density at radius 1 is 1.56 bits per heavy atom. The number of aliphatic carboxylic acids is 1. The van der Waals surface area contributed by atoms with Crippen LogP contribution in [0.25, 0.3) is 0 Å². The Hall–Kier alpha value is -0.870. The summed E-state index contributed by atoms with van der Waals surface area (Å²) in [6.45, 7) is 2.92. The molecule has 1 aromatic carbocycles. The number of carbonyl (C=O) groups is 1. The quantitative estimate of drug-likeness (QED) is 0.904. The van der Waals surface area contributed by atoms with Crippen molar-refractivity contribution in [2.75, 3.05) is 20.1 Å². The molecule has 0 aliphatic carbocycles. The molecule has 0 amide bonds. The zero-order valence-electron chi connectivity index (χ0n) is 9.48. The van der Waals surface area contributed by atoms with Crippen molar-refractivity contribution in [3.05, 3.63) is 34.3 Å². The number of likely N-dealkylation sites (N-methyl/N-ethyl adjacent to an activating group) is 1. The first kappa shape index (κ1) is 13.2. The maximum atomic E-state index is 10.5. The Bertz CT molecular complexity index is 368. The average Bonchev–Trinajstić information content (AvgIpc) is 2.16. The van der Waals surface area contributed by atoms with Gasteiger partial charge in [0.25, 0.3) is 0 Å². The molecule has 0 aromatic heterocycles. The molecule has 0 aliphatic rings. The maximum absolute atomic E-state index is 10.5. The molecule has 3 nitrogen and oxygen atoms in total. The number of rotatable bonds is 5. The summed E-state index contributed by atoms with van der Waals surface area (Å²) in [4.78, 5) is 12.3. The van der Waals surface area contributed by atoms with Gasteiger partial charge in [0.15, 0.2) is 0 Å². The number of halogens is 1. The van der Waals surface area contributed by atoms with E-state index in [1.807, 2.05) is 24.1 Å². The van der Waals surface area contributed by atoms with Crippen LogP contribution in [0.5, 0.6) is 0 Å². The topological polar surface area (TPSA) is 40.5 Å². The summed E-state index contributed by atoms with van der Waals surface area (Å²) in [5, 5.41) is 8.66. The molecular formula is C12H16BrNO2. The average molecular weight is 286 g/mol. The Morgan fingerprint density at radius 2 is 2.25 bits per heavy atom. The summed E-state index contributed by atoms with van der Waals surface area (Å²) in [6, 6.07) is 8.10. The largest absolute Gasteiger partial charge is 0.480 e. The van der Waals surface area contributed by atoms with Crippen LogP contribution in [0.3, 0.4) is 0 Å². The van der Waals surface area contributed by atoms with Crippen molar-refractivity contribution in [1.82, 2.24) is 4.90 Å². The molecule has 0 bridgehead atoms. The summed E-state index contributed by atoms with van der Waals surface area (Å²) in [5.74, 6) is -0.467. The van der Waals surface area contributed by atoms with Crippen molar-refractivity contribution in [3.63, 3.8) is 0 Å². The van der Waals surface area contributed by atoms with Gasteiger partial charge in [0.05, 0.1) is 6.54 Å². The lowest BCUT2D eigenvalue weighted by atomic mass is 10.0. The van der Waals surface area contributed by atoms with Gasteiger partial charge < -0.3 is 5.11 Å². The summed E-state index contributed by atoms with van der Waals surface area (Å²) >= 11 is 3.43. The second-order valence-corrected chi connectivity index (χ2v) is 4.96. The molecule has 0 heterocycles. The Morgan fingerprint density at radius 3 is 2.81 bits per heavy atom. The van der Waals surface area contributed by atoms with E-state index in [1.165, 1.54) is 5.56 Å². The fourth-order valence-corrected chi connectivity index (χ4v) is 2.10. The van der Waals surface area contributed by atoms with Crippen LogP contribution < -0.4 is 0 Å². The fraction of sp³-hybridized carbons (Fsp3) is 0.417. The van der Waals surface area contributed by atoms with Crippen molar-refractivity contribution < 1.29 is 9.90 Å². The number of carboxylic acids is 1. The highest BCUT2D eigenvalue weighted by Gasteiger charge is 2.11. The molecule has 0 saturated carbocycles. The van der Waals surface area contributed by atoms with Crippen LogP contribution in [0.1, 0.15) is 18.4 Å². The Balaban J connectivity index is 2.58. The molecule has 0 radical (unpaired) electrons. The monoisotopic (exact) mass is 285 g/mol. The van der Waals surface area contributed by atoms with Gasteiger partial charge >= 0.3 is 5.97 Å². The fourth-order valence-electron chi connectivity index (χ4n) is 1.68. The molecule has 16 heavy (non-hydrogen) atoms. The van der Waals surface area contributed by atoms with Crippen molar-refractivity contribution in [2.45, 2.75) is 12.8 Å². The van der Waals surface area contributed by atoms with Crippen LogP contribution in [-0.4, -0.2) is 36.1 Å². The standard InChI is InChI=1S/C12H16BrNO2/c1-9(7-14(2)8-12(15)16)10-4-3-5-11(13)6-10/h3-6,9H,7-8H2,1-2H3,(H,15,16). The lowest BCUT2D eigenvalue weighted by Crippen LogP contribution is -2.29. The smallest absolute Gasteiger partial charge is 0.317 e. The number of hydrogen-bond donors (Lipinski definition) is 1. The number of benzene rings is 1. The van der Waals surface area contributed by atoms with Crippen LogP contribution in [0.2, 0.25) is 0 Å². The summed E-state index contributed by atoms with van der Waals surface area (Å²) in [6.07, 6.45) is 0. The van der Waals surface area contributed by atoms with E-state index >= 15 is 0 Å². The van der Waals surface area contributed by atoms with Gasteiger partial charge in [-0.3, -0.25) is 9.69 Å². The SMILES string of the molecule is CC(CN(C)CC(=O)O)c1cccc(Br)c1. The van der Waals surface area contributed by atoms with Crippen LogP contribution >= 0.6 is 15.9 Å². The van der Waals surface area contributed by atoms with E-state index in [0.29, 0.717) is 5.92 Å². The lowest BCUT2D eigenvalue weighted by Gasteiger charge is -2.19. The summed E-state index contributed by atoms with van der Waals surface area (Å²) in [5.41, 5.74) is 1.21. The van der Waals surface area contributed by atoms with E-state index in [4.69, 9.17) is 5.11 Å². The van der Waals surface area contributed by atoms with Gasteiger partial charge in [-0.05, 0) is 30.7 Å². The van der Waals surface area contributed by atoms with Crippen LogP contribution in [-0.2, 0) is 4.79 Å². The van der Waals surface area contributed by atoms with Gasteiger partial charge in [-0.15, -0.1) is 0 Å². The molecule has 1 atom stereocenters. The molecule has 4 heteroatoms. The van der Waals surface area contributed by atoms with E-state index in [9.17, 15) is 4.79 Å². The van der Waals surface area contributed by atoms with Gasteiger partial charge in [0.2, 0.25) is 0 Å². The van der Waals surface area contributed by atoms with E-state index in [-0.39, 0.29) is 6.54 Å². The predicted molar refractivity (Wildman–Crippen MR) is 67.7 cm³/mol. The van der Waals surface area contributed by atoms with Gasteiger partial charge in [-0.25, -0.2) is 0 Å². The molecule has 88 valence electrons. The second-order valence-electron chi connectivity index (χ2n) is 4.05. The van der Waals surface area contributed by atoms with E-state index in [2.05, 4.69) is 35.0 Å². The Kier molecular flexibility index (Phi) is 4.96. The number of nitrogens with zero attached hydrogens (tertiary/aromatic N) is 1. The normalized spacial score (nSPS) is 12.8. The zero-order valence-corrected chi connectivity index (χ0v) is 11.1. The summed E-state index contributed by atoms with van der Waals surface area (Å²) < 4.78 is 1.05. The molecular weight excluding hydrogens is 270 g/mol. The highest BCUT2D eigenvalue weighted by atomic mass is 79.9. The maximum Gasteiger partial charge on any atom is 0.317 e. The van der Waals surface area contributed by atoms with Gasteiger partial charge in [0, 0.05) is 11.0 Å². The van der Waals surface area contributed by atoms with Crippen LogP contribution in [0.15, 0.2) is 28.7 Å². The Labute approximate surface area is 104 Å². The highest BCUT2D eigenvalue weighted by molar-refractivity contribution is 9.10. The van der Waals surface area contributed by atoms with E-state index in [0.717, 1.165) is 11.0 Å². The van der Waals surface area contributed by atoms with Crippen LogP contribution in [0, 0.1) is 0 Å². The number of hydrogen-bond acceptors (Lipinski definition) is 2. The molecule has 0 aliphatic heterocycles. The van der Waals surface area contributed by atoms with Gasteiger partial charge in [0.1, 0.15) is 0 Å². The first-order valence-electron chi connectivity index (χ1n) is 5.15. The van der Waals surface area contributed by atoms with Crippen molar-refractivity contribution in [3.8, 4) is 0 Å². The van der Waals surface area contributed by atoms with E-state index < -0.39 is 5.97 Å². The second kappa shape index (κ2) is 6.01. The van der Waals surface area contributed by atoms with Gasteiger partial charge in [-0.1, -0.05) is 35.0 Å².